The van der Waals surface area contributed by atoms with E-state index < -0.39 is 0 Å². The van der Waals surface area contributed by atoms with Crippen LogP contribution in [0, 0.1) is 0 Å². The molecule has 2 aromatic rings. The largest absolute Gasteiger partial charge is 0.467 e. The van der Waals surface area contributed by atoms with Crippen LogP contribution in [0.2, 0.25) is 0 Å². The molecule has 1 aromatic carbocycles. The number of morpholine rings is 1. The number of rotatable bonds is 6. The van der Waals surface area contributed by atoms with Gasteiger partial charge in [0.15, 0.2) is 0 Å². The number of furan rings is 1. The summed E-state index contributed by atoms with van der Waals surface area (Å²) in [7, 11) is 0. The van der Waals surface area contributed by atoms with Crippen LogP contribution in [-0.2, 0) is 20.9 Å². The summed E-state index contributed by atoms with van der Waals surface area (Å²) >= 11 is 0. The number of para-hydroxylation sites is 2. The van der Waals surface area contributed by atoms with E-state index in [2.05, 4.69) is 15.5 Å². The fourth-order valence-electron chi connectivity index (χ4n) is 2.66. The van der Waals surface area contributed by atoms with Gasteiger partial charge in [-0.3, -0.25) is 9.59 Å². The minimum atomic E-state index is -0.349. The van der Waals surface area contributed by atoms with Gasteiger partial charge in [-0.1, -0.05) is 12.1 Å². The first-order chi connectivity index (χ1) is 12.2. The first-order valence-corrected chi connectivity index (χ1v) is 8.23. The van der Waals surface area contributed by atoms with E-state index in [4.69, 9.17) is 9.15 Å². The summed E-state index contributed by atoms with van der Waals surface area (Å²) < 4.78 is 10.5. The lowest BCUT2D eigenvalue weighted by Gasteiger charge is -2.30. The SMILES string of the molecule is O=C(CC(=O)Nc1ccccc1N1CCOCC1)NCc1ccco1. The predicted molar refractivity (Wildman–Crippen MR) is 93.3 cm³/mol. The number of carbonyl (C=O) groups excluding carboxylic acids is 2. The van der Waals surface area contributed by atoms with Gasteiger partial charge in [0, 0.05) is 13.1 Å². The summed E-state index contributed by atoms with van der Waals surface area (Å²) in [5, 5.41) is 5.49. The zero-order chi connectivity index (χ0) is 17.5. The Morgan fingerprint density at radius 3 is 2.60 bits per heavy atom. The molecule has 0 atom stereocenters. The zero-order valence-electron chi connectivity index (χ0n) is 13.9. The molecule has 1 fully saturated rings. The molecule has 0 bridgehead atoms. The second-order valence-corrected chi connectivity index (χ2v) is 5.70. The van der Waals surface area contributed by atoms with Gasteiger partial charge in [-0.2, -0.15) is 0 Å². The van der Waals surface area contributed by atoms with Crippen LogP contribution in [0.3, 0.4) is 0 Å². The maximum atomic E-state index is 12.2. The van der Waals surface area contributed by atoms with Gasteiger partial charge in [0.05, 0.1) is 37.4 Å². The molecule has 132 valence electrons. The monoisotopic (exact) mass is 343 g/mol. The molecular weight excluding hydrogens is 322 g/mol. The van der Waals surface area contributed by atoms with Crippen molar-refractivity contribution in [3.8, 4) is 0 Å². The van der Waals surface area contributed by atoms with Crippen LogP contribution in [0.15, 0.2) is 47.1 Å². The summed E-state index contributed by atoms with van der Waals surface area (Å²) in [6, 6.07) is 11.1. The van der Waals surface area contributed by atoms with Crippen LogP contribution >= 0.6 is 0 Å². The Morgan fingerprint density at radius 1 is 1.04 bits per heavy atom. The third kappa shape index (κ3) is 4.84. The molecule has 1 aromatic heterocycles. The van der Waals surface area contributed by atoms with Crippen molar-refractivity contribution >= 4 is 23.2 Å². The Balaban J connectivity index is 1.54. The second kappa shape index (κ2) is 8.34. The summed E-state index contributed by atoms with van der Waals surface area (Å²) in [6.45, 7) is 3.14. The van der Waals surface area contributed by atoms with E-state index in [9.17, 15) is 9.59 Å². The lowest BCUT2D eigenvalue weighted by atomic mass is 10.2. The molecule has 1 saturated heterocycles. The van der Waals surface area contributed by atoms with Gasteiger partial charge in [0.1, 0.15) is 12.2 Å². The van der Waals surface area contributed by atoms with Gasteiger partial charge >= 0.3 is 0 Å². The molecule has 7 nitrogen and oxygen atoms in total. The number of ether oxygens (including phenoxy) is 1. The molecule has 1 aliphatic heterocycles. The third-order valence-corrected chi connectivity index (χ3v) is 3.89. The normalized spacial score (nSPS) is 14.2. The van der Waals surface area contributed by atoms with Gasteiger partial charge in [0.2, 0.25) is 11.8 Å². The Bertz CT molecular complexity index is 709. The van der Waals surface area contributed by atoms with E-state index in [0.717, 1.165) is 18.8 Å². The average Bonchev–Trinajstić information content (AvgIpc) is 3.15. The van der Waals surface area contributed by atoms with Crippen molar-refractivity contribution in [2.45, 2.75) is 13.0 Å². The average molecular weight is 343 g/mol. The second-order valence-electron chi connectivity index (χ2n) is 5.70. The molecule has 0 aliphatic carbocycles. The molecule has 0 radical (unpaired) electrons. The molecule has 3 rings (SSSR count). The van der Waals surface area contributed by atoms with E-state index >= 15 is 0 Å². The van der Waals surface area contributed by atoms with Crippen molar-refractivity contribution in [1.29, 1.82) is 0 Å². The number of nitrogens with one attached hydrogen (secondary N) is 2. The molecule has 0 unspecified atom stereocenters. The van der Waals surface area contributed by atoms with E-state index in [1.807, 2.05) is 24.3 Å². The minimum absolute atomic E-state index is 0.238. The fraction of sp³-hybridized carbons (Fsp3) is 0.333. The molecule has 2 heterocycles. The zero-order valence-corrected chi connectivity index (χ0v) is 13.9. The van der Waals surface area contributed by atoms with Gasteiger partial charge in [-0.25, -0.2) is 0 Å². The number of nitrogens with zero attached hydrogens (tertiary/aromatic N) is 1. The standard InChI is InChI=1S/C18H21N3O4/c22-17(19-13-14-4-3-9-25-14)12-18(23)20-15-5-1-2-6-16(15)21-7-10-24-11-8-21/h1-6,9H,7-8,10-13H2,(H,19,22)(H,20,23). The van der Waals surface area contributed by atoms with Crippen molar-refractivity contribution in [2.75, 3.05) is 36.5 Å². The Kier molecular flexibility index (Phi) is 5.69. The van der Waals surface area contributed by atoms with Crippen molar-refractivity contribution < 1.29 is 18.7 Å². The molecule has 25 heavy (non-hydrogen) atoms. The highest BCUT2D eigenvalue weighted by Gasteiger charge is 2.17. The number of carbonyl (C=O) groups is 2. The number of benzene rings is 1. The highest BCUT2D eigenvalue weighted by molar-refractivity contribution is 6.04. The molecule has 0 spiro atoms. The van der Waals surface area contributed by atoms with Crippen LogP contribution in [0.5, 0.6) is 0 Å². The lowest BCUT2D eigenvalue weighted by molar-refractivity contribution is -0.127. The highest BCUT2D eigenvalue weighted by Crippen LogP contribution is 2.26. The molecule has 2 N–H and O–H groups in total. The van der Waals surface area contributed by atoms with Crippen LogP contribution in [0.25, 0.3) is 0 Å². The van der Waals surface area contributed by atoms with Gasteiger partial charge in [0.25, 0.3) is 0 Å². The van der Waals surface area contributed by atoms with Crippen LogP contribution in [-0.4, -0.2) is 38.1 Å². The van der Waals surface area contributed by atoms with Gasteiger partial charge < -0.3 is 24.7 Å². The van der Waals surface area contributed by atoms with Crippen LogP contribution < -0.4 is 15.5 Å². The first kappa shape index (κ1) is 17.0. The van der Waals surface area contributed by atoms with Crippen LogP contribution in [0.1, 0.15) is 12.2 Å². The summed E-state index contributed by atoms with van der Waals surface area (Å²) in [6.07, 6.45) is 1.30. The fourth-order valence-corrected chi connectivity index (χ4v) is 2.66. The van der Waals surface area contributed by atoms with Crippen molar-refractivity contribution in [2.24, 2.45) is 0 Å². The van der Waals surface area contributed by atoms with Crippen molar-refractivity contribution in [3.63, 3.8) is 0 Å². The Labute approximate surface area is 145 Å². The number of amides is 2. The number of hydrogen-bond donors (Lipinski definition) is 2. The Morgan fingerprint density at radius 2 is 1.84 bits per heavy atom. The molecule has 7 heteroatoms. The van der Waals surface area contributed by atoms with Gasteiger partial charge in [-0.15, -0.1) is 0 Å². The first-order valence-electron chi connectivity index (χ1n) is 8.23. The van der Waals surface area contributed by atoms with E-state index in [0.29, 0.717) is 24.7 Å². The van der Waals surface area contributed by atoms with Gasteiger partial charge in [-0.05, 0) is 24.3 Å². The molecule has 0 saturated carbocycles. The maximum Gasteiger partial charge on any atom is 0.233 e. The third-order valence-electron chi connectivity index (χ3n) is 3.89. The van der Waals surface area contributed by atoms with E-state index in [1.54, 1.807) is 12.1 Å². The highest BCUT2D eigenvalue weighted by atomic mass is 16.5. The molecule has 1 aliphatic rings. The van der Waals surface area contributed by atoms with E-state index in [1.165, 1.54) is 6.26 Å². The minimum Gasteiger partial charge on any atom is -0.467 e. The topological polar surface area (TPSA) is 83.8 Å². The number of hydrogen-bond acceptors (Lipinski definition) is 5. The summed E-state index contributed by atoms with van der Waals surface area (Å²) in [5.41, 5.74) is 1.64. The number of anilines is 2. The molecular formula is C18H21N3O4. The lowest BCUT2D eigenvalue weighted by Crippen LogP contribution is -2.37. The smallest absolute Gasteiger partial charge is 0.233 e. The predicted octanol–water partition coefficient (Wildman–Crippen LogP) is 1.76. The Hall–Kier alpha value is -2.80. The van der Waals surface area contributed by atoms with Crippen LogP contribution in [0.4, 0.5) is 11.4 Å². The maximum absolute atomic E-state index is 12.2. The quantitative estimate of drug-likeness (QED) is 0.781. The van der Waals surface area contributed by atoms with Crippen molar-refractivity contribution in [3.05, 3.63) is 48.4 Å². The van der Waals surface area contributed by atoms with Crippen molar-refractivity contribution in [1.82, 2.24) is 5.32 Å². The van der Waals surface area contributed by atoms with E-state index in [-0.39, 0.29) is 24.8 Å². The molecule has 2 amide bonds. The summed E-state index contributed by atoms with van der Waals surface area (Å²) in [4.78, 5) is 26.2. The summed E-state index contributed by atoms with van der Waals surface area (Å²) in [5.74, 6) is -0.0539.